The highest BCUT2D eigenvalue weighted by atomic mass is 32.2. The Morgan fingerprint density at radius 1 is 1.22 bits per heavy atom. The summed E-state index contributed by atoms with van der Waals surface area (Å²) in [5, 5.41) is 3.05. The first-order valence-electron chi connectivity index (χ1n) is 8.31. The van der Waals surface area contributed by atoms with Gasteiger partial charge in [-0.25, -0.2) is 17.9 Å². The molecule has 0 radical (unpaired) electrons. The van der Waals surface area contributed by atoms with Gasteiger partial charge in [-0.3, -0.25) is 9.36 Å². The minimum absolute atomic E-state index is 0.141. The molecule has 2 heterocycles. The molecule has 0 saturated carbocycles. The van der Waals surface area contributed by atoms with Crippen LogP contribution in [0, 0.1) is 0 Å². The van der Waals surface area contributed by atoms with E-state index >= 15 is 0 Å². The lowest BCUT2D eigenvalue weighted by atomic mass is 9.96. The van der Waals surface area contributed by atoms with E-state index < -0.39 is 27.7 Å². The smallest absolute Gasteiger partial charge is 0.408 e. The molecule has 0 saturated heterocycles. The lowest BCUT2D eigenvalue weighted by molar-refractivity contribution is -0.121. The average Bonchev–Trinajstić information content (AvgIpc) is 2.94. The summed E-state index contributed by atoms with van der Waals surface area (Å²) < 4.78 is 33.5. The quantitative estimate of drug-likeness (QED) is 0.683. The summed E-state index contributed by atoms with van der Waals surface area (Å²) in [6.45, 7) is 0.495. The van der Waals surface area contributed by atoms with Crippen LogP contribution in [0.5, 0.6) is 0 Å². The van der Waals surface area contributed by atoms with Crippen molar-refractivity contribution in [3.05, 3.63) is 64.1 Å². The van der Waals surface area contributed by atoms with Gasteiger partial charge in [-0.2, -0.15) is 0 Å². The van der Waals surface area contributed by atoms with E-state index in [0.29, 0.717) is 18.5 Å². The van der Waals surface area contributed by atoms with E-state index in [1.807, 2.05) is 24.3 Å². The topological polar surface area (TPSA) is 110 Å². The van der Waals surface area contributed by atoms with Crippen molar-refractivity contribution >= 4 is 27.0 Å². The predicted octanol–water partition coefficient (Wildman–Crippen LogP) is 0.651. The number of oxazole rings is 1. The molecule has 27 heavy (non-hydrogen) atoms. The molecule has 0 spiro atoms. The molecule has 1 aliphatic rings. The number of aromatic nitrogens is 1. The fourth-order valence-electron chi connectivity index (χ4n) is 3.18. The van der Waals surface area contributed by atoms with Crippen molar-refractivity contribution in [3.8, 4) is 0 Å². The Hall–Kier alpha value is -2.91. The number of hydrogen-bond donors (Lipinski definition) is 2. The van der Waals surface area contributed by atoms with Crippen LogP contribution < -0.4 is 15.8 Å². The summed E-state index contributed by atoms with van der Waals surface area (Å²) in [6, 6.07) is 11.1. The molecular weight excluding hydrogens is 370 g/mol. The molecule has 2 aromatic carbocycles. The molecule has 0 fully saturated rings. The van der Waals surface area contributed by atoms with Gasteiger partial charge in [0.05, 0.1) is 16.5 Å². The highest BCUT2D eigenvalue weighted by molar-refractivity contribution is 7.90. The van der Waals surface area contributed by atoms with Gasteiger partial charge in [0.1, 0.15) is 0 Å². The fraction of sp³-hybridized carbons (Fsp3) is 0.222. The van der Waals surface area contributed by atoms with Crippen LogP contribution in [0.4, 0.5) is 0 Å². The molecule has 3 aromatic rings. The van der Waals surface area contributed by atoms with E-state index in [1.54, 1.807) is 0 Å². The first kappa shape index (κ1) is 17.5. The number of rotatable bonds is 3. The predicted molar refractivity (Wildman–Crippen MR) is 97.6 cm³/mol. The van der Waals surface area contributed by atoms with Gasteiger partial charge in [0.2, 0.25) is 0 Å². The maximum atomic E-state index is 12.6. The van der Waals surface area contributed by atoms with Crippen LogP contribution in [-0.2, 0) is 34.8 Å². The number of nitrogens with one attached hydrogen (secondary N) is 2. The van der Waals surface area contributed by atoms with Crippen LogP contribution in [0.1, 0.15) is 11.1 Å². The molecule has 1 atom stereocenters. The van der Waals surface area contributed by atoms with Crippen LogP contribution in [0.3, 0.4) is 0 Å². The lowest BCUT2D eigenvalue weighted by Gasteiger charge is -2.25. The number of sulfonamides is 1. The maximum absolute atomic E-state index is 12.6. The van der Waals surface area contributed by atoms with Gasteiger partial charge in [0, 0.05) is 19.7 Å². The lowest BCUT2D eigenvalue weighted by Crippen LogP contribution is -2.49. The van der Waals surface area contributed by atoms with Crippen molar-refractivity contribution < 1.29 is 17.6 Å². The van der Waals surface area contributed by atoms with Gasteiger partial charge in [-0.15, -0.1) is 0 Å². The Morgan fingerprint density at radius 2 is 1.96 bits per heavy atom. The van der Waals surface area contributed by atoms with Crippen LogP contribution in [-0.4, -0.2) is 24.9 Å². The number of fused-ring (bicyclic) bond motifs is 2. The summed E-state index contributed by atoms with van der Waals surface area (Å²) in [5.74, 6) is -1.22. The normalized spacial score (nSPS) is 16.9. The fourth-order valence-corrected chi connectivity index (χ4v) is 4.22. The summed E-state index contributed by atoms with van der Waals surface area (Å²) in [4.78, 5) is 23.9. The summed E-state index contributed by atoms with van der Waals surface area (Å²) in [5.41, 5.74) is 2.72. The SMILES string of the molecule is Cn1c(=O)oc2cc(S(=O)(=O)NC(=O)C3Cc4ccccc4CN3)ccc21. The Labute approximate surface area is 154 Å². The number of nitrogens with zero attached hydrogens (tertiary/aromatic N) is 1. The molecule has 1 aromatic heterocycles. The summed E-state index contributed by atoms with van der Waals surface area (Å²) >= 11 is 0. The first-order chi connectivity index (χ1) is 12.8. The van der Waals surface area contributed by atoms with E-state index in [1.165, 1.54) is 29.8 Å². The molecular formula is C18H17N3O5S. The highest BCUT2D eigenvalue weighted by Crippen LogP contribution is 2.19. The third-order valence-corrected chi connectivity index (χ3v) is 6.05. The van der Waals surface area contributed by atoms with Crippen LogP contribution in [0.2, 0.25) is 0 Å². The molecule has 1 unspecified atom stereocenters. The van der Waals surface area contributed by atoms with Crippen molar-refractivity contribution in [2.24, 2.45) is 7.05 Å². The van der Waals surface area contributed by atoms with Crippen molar-refractivity contribution in [2.75, 3.05) is 0 Å². The minimum atomic E-state index is -4.09. The molecule has 2 N–H and O–H groups in total. The first-order valence-corrected chi connectivity index (χ1v) is 9.80. The minimum Gasteiger partial charge on any atom is -0.408 e. The van der Waals surface area contributed by atoms with Gasteiger partial charge in [0.15, 0.2) is 5.58 Å². The number of carbonyl (C=O) groups excluding carboxylic acids is 1. The Bertz CT molecular complexity index is 1210. The monoisotopic (exact) mass is 387 g/mol. The Balaban J connectivity index is 1.56. The third-order valence-electron chi connectivity index (χ3n) is 4.71. The van der Waals surface area contributed by atoms with Gasteiger partial charge in [0.25, 0.3) is 15.9 Å². The third kappa shape index (κ3) is 3.15. The van der Waals surface area contributed by atoms with Crippen molar-refractivity contribution in [1.82, 2.24) is 14.6 Å². The molecule has 140 valence electrons. The second-order valence-corrected chi connectivity index (χ2v) is 8.11. The van der Waals surface area contributed by atoms with Crippen LogP contribution >= 0.6 is 0 Å². The Kier molecular flexibility index (Phi) is 4.12. The van der Waals surface area contributed by atoms with Crippen molar-refractivity contribution in [1.29, 1.82) is 0 Å². The van der Waals surface area contributed by atoms with Gasteiger partial charge < -0.3 is 9.73 Å². The molecule has 0 bridgehead atoms. The van der Waals surface area contributed by atoms with Gasteiger partial charge >= 0.3 is 5.76 Å². The van der Waals surface area contributed by atoms with E-state index in [4.69, 9.17) is 4.42 Å². The van der Waals surface area contributed by atoms with E-state index in [9.17, 15) is 18.0 Å². The van der Waals surface area contributed by atoms with E-state index in [-0.39, 0.29) is 10.5 Å². The van der Waals surface area contributed by atoms with E-state index in [2.05, 4.69) is 10.0 Å². The van der Waals surface area contributed by atoms with Crippen LogP contribution in [0.25, 0.3) is 11.1 Å². The molecule has 0 aliphatic carbocycles. The molecule has 8 nitrogen and oxygen atoms in total. The second-order valence-electron chi connectivity index (χ2n) is 6.43. The zero-order valence-electron chi connectivity index (χ0n) is 14.4. The van der Waals surface area contributed by atoms with Crippen LogP contribution in [0.15, 0.2) is 56.6 Å². The number of hydrogen-bond acceptors (Lipinski definition) is 6. The standard InChI is InChI=1S/C18H17N3O5S/c1-21-15-7-6-13(9-16(15)26-18(21)23)27(24,25)20-17(22)14-8-11-4-2-3-5-12(11)10-19-14/h2-7,9,14,19H,8,10H2,1H3,(H,20,22). The van der Waals surface area contributed by atoms with Crippen molar-refractivity contribution in [2.45, 2.75) is 23.9 Å². The molecule has 9 heteroatoms. The zero-order valence-corrected chi connectivity index (χ0v) is 15.2. The number of carbonyl (C=O) groups is 1. The average molecular weight is 387 g/mol. The van der Waals surface area contributed by atoms with E-state index in [0.717, 1.165) is 11.1 Å². The molecule has 1 aliphatic heterocycles. The van der Waals surface area contributed by atoms with Gasteiger partial charge in [-0.05, 0) is 29.7 Å². The number of benzene rings is 2. The maximum Gasteiger partial charge on any atom is 0.419 e. The molecule has 4 rings (SSSR count). The largest absolute Gasteiger partial charge is 0.419 e. The number of aryl methyl sites for hydroxylation is 1. The zero-order chi connectivity index (χ0) is 19.2. The Morgan fingerprint density at radius 3 is 2.74 bits per heavy atom. The van der Waals surface area contributed by atoms with Gasteiger partial charge in [-0.1, -0.05) is 24.3 Å². The second kappa shape index (κ2) is 6.36. The van der Waals surface area contributed by atoms with Crippen molar-refractivity contribution in [3.63, 3.8) is 0 Å². The highest BCUT2D eigenvalue weighted by Gasteiger charge is 2.28. The summed E-state index contributed by atoms with van der Waals surface area (Å²) in [6.07, 6.45) is 0.407. The summed E-state index contributed by atoms with van der Waals surface area (Å²) in [7, 11) is -2.57. The number of amides is 1. The molecule has 1 amide bonds.